The molecule has 0 unspecified atom stereocenters. The molecule has 0 bridgehead atoms. The normalized spacial score (nSPS) is 12.7. The number of aromatic nitrogens is 1. The second-order valence-electron chi connectivity index (χ2n) is 16.1. The van der Waals surface area contributed by atoms with E-state index in [1.165, 1.54) is 77.1 Å². The van der Waals surface area contributed by atoms with Gasteiger partial charge in [0, 0.05) is 33.5 Å². The Morgan fingerprint density at radius 2 is 0.852 bits per heavy atom. The van der Waals surface area contributed by atoms with Crippen LogP contribution in [0.2, 0.25) is 0 Å². The van der Waals surface area contributed by atoms with Gasteiger partial charge in [-0.05, 0) is 122 Å². The second-order valence-corrected chi connectivity index (χ2v) is 16.1. The van der Waals surface area contributed by atoms with Crippen LogP contribution < -0.4 is 4.90 Å². The highest BCUT2D eigenvalue weighted by molar-refractivity contribution is 6.09. The third-order valence-corrected chi connectivity index (χ3v) is 12.9. The molecule has 2 heteroatoms. The minimum atomic E-state index is -0.504. The standard InChI is InChI=1S/C59H40N2/c1-2-17-45(18-3-1)59(55-25-10-6-21-51(55)52-22-7-11-26-56(52)59)46-19-14-20-50(40-46)60(47-33-31-42(32-34-47)44-30-29-41-15-4-5-16-43(41)39-44)48-35-37-49(38-36-48)61-57-27-12-8-23-53(57)54-24-9-13-28-58(54)61/h1-40H. The van der Waals surface area contributed by atoms with Crippen LogP contribution in [0.3, 0.4) is 0 Å². The van der Waals surface area contributed by atoms with Crippen molar-refractivity contribution in [3.63, 3.8) is 0 Å². The second kappa shape index (κ2) is 14.1. The summed E-state index contributed by atoms with van der Waals surface area (Å²) < 4.78 is 2.39. The van der Waals surface area contributed by atoms with E-state index in [4.69, 9.17) is 0 Å². The fourth-order valence-corrected chi connectivity index (χ4v) is 10.2. The summed E-state index contributed by atoms with van der Waals surface area (Å²) in [7, 11) is 0. The topological polar surface area (TPSA) is 8.17 Å². The minimum Gasteiger partial charge on any atom is -0.310 e. The number of hydrogen-bond donors (Lipinski definition) is 0. The smallest absolute Gasteiger partial charge is 0.0714 e. The maximum atomic E-state index is 2.42. The van der Waals surface area contributed by atoms with Crippen LogP contribution in [0, 0.1) is 0 Å². The zero-order valence-electron chi connectivity index (χ0n) is 33.5. The molecular formula is C59H40N2. The van der Waals surface area contributed by atoms with Gasteiger partial charge in [0.1, 0.15) is 0 Å². The Morgan fingerprint density at radius 3 is 1.52 bits per heavy atom. The molecule has 2 nitrogen and oxygen atoms in total. The predicted molar refractivity (Wildman–Crippen MR) is 256 cm³/mol. The molecule has 0 spiro atoms. The zero-order valence-corrected chi connectivity index (χ0v) is 33.5. The van der Waals surface area contributed by atoms with Gasteiger partial charge in [-0.1, -0.05) is 176 Å². The van der Waals surface area contributed by atoms with Gasteiger partial charge in [-0.3, -0.25) is 0 Å². The fourth-order valence-electron chi connectivity index (χ4n) is 10.2. The average molecular weight is 777 g/mol. The van der Waals surface area contributed by atoms with Gasteiger partial charge in [-0.15, -0.1) is 0 Å². The first-order valence-corrected chi connectivity index (χ1v) is 21.1. The van der Waals surface area contributed by atoms with Gasteiger partial charge in [-0.2, -0.15) is 0 Å². The maximum Gasteiger partial charge on any atom is 0.0714 e. The van der Waals surface area contributed by atoms with E-state index in [0.717, 1.165) is 22.7 Å². The molecule has 12 rings (SSSR count). The average Bonchev–Trinajstić information content (AvgIpc) is 3.83. The zero-order chi connectivity index (χ0) is 40.3. The van der Waals surface area contributed by atoms with Crippen molar-refractivity contribution >= 4 is 49.6 Å². The van der Waals surface area contributed by atoms with Gasteiger partial charge < -0.3 is 9.47 Å². The van der Waals surface area contributed by atoms with Crippen molar-refractivity contribution < 1.29 is 0 Å². The first kappa shape index (κ1) is 35.0. The minimum absolute atomic E-state index is 0.504. The van der Waals surface area contributed by atoms with E-state index in [-0.39, 0.29) is 0 Å². The van der Waals surface area contributed by atoms with E-state index in [0.29, 0.717) is 0 Å². The summed E-state index contributed by atoms with van der Waals surface area (Å²) in [5, 5.41) is 5.01. The molecule has 0 atom stereocenters. The summed E-state index contributed by atoms with van der Waals surface area (Å²) in [6.45, 7) is 0. The van der Waals surface area contributed by atoms with Crippen molar-refractivity contribution in [2.24, 2.45) is 0 Å². The van der Waals surface area contributed by atoms with Crippen molar-refractivity contribution in [1.29, 1.82) is 0 Å². The van der Waals surface area contributed by atoms with Gasteiger partial charge >= 0.3 is 0 Å². The Bertz CT molecular complexity index is 3310. The van der Waals surface area contributed by atoms with Crippen LogP contribution in [0.1, 0.15) is 22.3 Å². The number of benzene rings is 10. The summed E-state index contributed by atoms with van der Waals surface area (Å²) in [4.78, 5) is 2.41. The van der Waals surface area contributed by atoms with Gasteiger partial charge in [0.15, 0.2) is 0 Å². The molecule has 10 aromatic carbocycles. The Labute approximate surface area is 355 Å². The van der Waals surface area contributed by atoms with Crippen LogP contribution in [0.25, 0.3) is 60.5 Å². The molecule has 0 radical (unpaired) electrons. The van der Waals surface area contributed by atoms with E-state index in [2.05, 4.69) is 252 Å². The molecule has 11 aromatic rings. The SMILES string of the molecule is c1ccc(C2(c3cccc(N(c4ccc(-c5ccc6ccccc6c5)cc4)c4ccc(-n5c6ccccc6c6ccccc65)cc4)c3)c3ccccc3-c3ccccc32)cc1. The molecule has 1 heterocycles. The highest BCUT2D eigenvalue weighted by atomic mass is 15.1. The summed E-state index contributed by atoms with van der Waals surface area (Å²) in [6, 6.07) is 89.1. The molecule has 1 aliphatic carbocycles. The van der Waals surface area contributed by atoms with E-state index < -0.39 is 5.41 Å². The fraction of sp³-hybridized carbons (Fsp3) is 0.0169. The number of fused-ring (bicyclic) bond motifs is 7. The lowest BCUT2D eigenvalue weighted by Crippen LogP contribution is -2.28. The van der Waals surface area contributed by atoms with Crippen molar-refractivity contribution in [3.8, 4) is 27.9 Å². The Balaban J connectivity index is 1.04. The lowest BCUT2D eigenvalue weighted by Gasteiger charge is -2.35. The quantitative estimate of drug-likeness (QED) is 0.156. The number of hydrogen-bond acceptors (Lipinski definition) is 1. The molecular weight excluding hydrogens is 737 g/mol. The molecule has 1 aromatic heterocycles. The maximum absolute atomic E-state index is 2.42. The first-order valence-electron chi connectivity index (χ1n) is 21.1. The number of rotatable bonds is 7. The van der Waals surface area contributed by atoms with Gasteiger partial charge in [-0.25, -0.2) is 0 Å². The molecule has 1 aliphatic rings. The summed E-state index contributed by atoms with van der Waals surface area (Å²) >= 11 is 0. The van der Waals surface area contributed by atoms with E-state index in [1.54, 1.807) is 0 Å². The number of para-hydroxylation sites is 2. The Hall–Kier alpha value is -7.94. The predicted octanol–water partition coefficient (Wildman–Crippen LogP) is 15.4. The van der Waals surface area contributed by atoms with Crippen molar-refractivity contribution in [3.05, 3.63) is 265 Å². The summed E-state index contributed by atoms with van der Waals surface area (Å²) in [6.07, 6.45) is 0. The molecule has 0 amide bonds. The molecule has 0 fully saturated rings. The van der Waals surface area contributed by atoms with Crippen LogP contribution in [0.4, 0.5) is 17.1 Å². The molecule has 0 aliphatic heterocycles. The summed E-state index contributed by atoms with van der Waals surface area (Å²) in [5.74, 6) is 0. The molecule has 0 saturated carbocycles. The van der Waals surface area contributed by atoms with Crippen LogP contribution >= 0.6 is 0 Å². The highest BCUT2D eigenvalue weighted by Crippen LogP contribution is 2.56. The molecule has 0 N–H and O–H groups in total. The van der Waals surface area contributed by atoms with Gasteiger partial charge in [0.2, 0.25) is 0 Å². The third kappa shape index (κ3) is 5.50. The summed E-state index contributed by atoms with van der Waals surface area (Å²) in [5.41, 5.74) is 16.4. The lowest BCUT2D eigenvalue weighted by molar-refractivity contribution is 0.768. The Kier molecular flexibility index (Phi) is 8.11. The van der Waals surface area contributed by atoms with Gasteiger partial charge in [0.05, 0.1) is 16.4 Å². The monoisotopic (exact) mass is 776 g/mol. The first-order chi connectivity index (χ1) is 30.3. The van der Waals surface area contributed by atoms with Crippen LogP contribution in [0.5, 0.6) is 0 Å². The Morgan fingerprint density at radius 1 is 0.328 bits per heavy atom. The number of nitrogens with zero attached hydrogens (tertiary/aromatic N) is 2. The third-order valence-electron chi connectivity index (χ3n) is 12.9. The van der Waals surface area contributed by atoms with Crippen LogP contribution in [-0.4, -0.2) is 4.57 Å². The van der Waals surface area contributed by atoms with E-state index >= 15 is 0 Å². The van der Waals surface area contributed by atoms with E-state index in [1.807, 2.05) is 0 Å². The molecule has 0 saturated heterocycles. The van der Waals surface area contributed by atoms with Crippen molar-refractivity contribution in [1.82, 2.24) is 4.57 Å². The largest absolute Gasteiger partial charge is 0.310 e. The lowest BCUT2D eigenvalue weighted by atomic mass is 9.67. The van der Waals surface area contributed by atoms with Crippen molar-refractivity contribution in [2.45, 2.75) is 5.41 Å². The number of anilines is 3. The highest BCUT2D eigenvalue weighted by Gasteiger charge is 2.46. The van der Waals surface area contributed by atoms with Crippen molar-refractivity contribution in [2.75, 3.05) is 4.90 Å². The molecule has 286 valence electrons. The van der Waals surface area contributed by atoms with E-state index in [9.17, 15) is 0 Å². The molecule has 61 heavy (non-hydrogen) atoms. The van der Waals surface area contributed by atoms with Crippen LogP contribution in [-0.2, 0) is 5.41 Å². The van der Waals surface area contributed by atoms with Crippen LogP contribution in [0.15, 0.2) is 243 Å². The van der Waals surface area contributed by atoms with Gasteiger partial charge in [0.25, 0.3) is 0 Å².